The summed E-state index contributed by atoms with van der Waals surface area (Å²) in [5, 5.41) is 15.0. The molecule has 4 N–H and O–H groups in total. The molecular weight excluding hydrogens is 352 g/mol. The number of carbonyl (C=O) groups is 1. The molecule has 0 saturated heterocycles. The average Bonchev–Trinajstić information content (AvgIpc) is 3.00. The van der Waals surface area contributed by atoms with Crippen molar-refractivity contribution in [3.05, 3.63) is 29.8 Å². The lowest BCUT2D eigenvalue weighted by atomic mass is 10.2. The molecule has 10 heteroatoms. The van der Waals surface area contributed by atoms with Gasteiger partial charge in [-0.05, 0) is 31.3 Å². The Morgan fingerprint density at radius 2 is 2.00 bits per heavy atom. The monoisotopic (exact) mass is 368 g/mol. The van der Waals surface area contributed by atoms with Gasteiger partial charge in [-0.25, -0.2) is 0 Å². The fraction of sp³-hybridized carbons (Fsp3) is 0.231. The number of carbonyl (C=O) groups excluding carboxylic acids is 1. The first-order valence-electron chi connectivity index (χ1n) is 6.63. The van der Waals surface area contributed by atoms with Gasteiger partial charge in [-0.3, -0.25) is 15.6 Å². The minimum absolute atomic E-state index is 0.198. The van der Waals surface area contributed by atoms with Gasteiger partial charge in [0, 0.05) is 12.7 Å². The molecule has 1 aromatic heterocycles. The van der Waals surface area contributed by atoms with Gasteiger partial charge in [0.05, 0.1) is 5.75 Å². The van der Waals surface area contributed by atoms with Gasteiger partial charge in [0.1, 0.15) is 0 Å². The summed E-state index contributed by atoms with van der Waals surface area (Å²) >= 11 is 7.56. The van der Waals surface area contributed by atoms with Gasteiger partial charge in [0.25, 0.3) is 0 Å². The third-order valence-corrected chi connectivity index (χ3v) is 4.86. The van der Waals surface area contributed by atoms with E-state index in [4.69, 9.17) is 12.2 Å². The van der Waals surface area contributed by atoms with E-state index in [2.05, 4.69) is 31.7 Å². The number of amides is 1. The van der Waals surface area contributed by atoms with Crippen molar-refractivity contribution in [2.24, 2.45) is 0 Å². The SMILES string of the molecule is CNC(=S)NNC(=O)CSc1nnc(Nc2ccc(C)cc2)s1. The lowest BCUT2D eigenvalue weighted by Crippen LogP contribution is -2.46. The third-order valence-electron chi connectivity index (χ3n) is 2.58. The van der Waals surface area contributed by atoms with Crippen LogP contribution in [0.1, 0.15) is 5.56 Å². The van der Waals surface area contributed by atoms with E-state index in [0.717, 1.165) is 5.69 Å². The zero-order chi connectivity index (χ0) is 16.7. The maximum absolute atomic E-state index is 11.6. The smallest absolute Gasteiger partial charge is 0.248 e. The van der Waals surface area contributed by atoms with Gasteiger partial charge in [-0.2, -0.15) is 0 Å². The number of thioether (sulfide) groups is 1. The molecule has 2 aromatic rings. The topological polar surface area (TPSA) is 91.0 Å². The van der Waals surface area contributed by atoms with E-state index in [1.165, 1.54) is 28.7 Å². The van der Waals surface area contributed by atoms with Gasteiger partial charge < -0.3 is 10.6 Å². The molecule has 0 fully saturated rings. The van der Waals surface area contributed by atoms with Crippen LogP contribution in [0.5, 0.6) is 0 Å². The van der Waals surface area contributed by atoms with Crippen LogP contribution in [-0.4, -0.2) is 34.0 Å². The molecule has 122 valence electrons. The zero-order valence-electron chi connectivity index (χ0n) is 12.5. The first-order chi connectivity index (χ1) is 11.1. The van der Waals surface area contributed by atoms with Gasteiger partial charge in [-0.15, -0.1) is 10.2 Å². The van der Waals surface area contributed by atoms with Gasteiger partial charge >= 0.3 is 0 Å². The number of aromatic nitrogens is 2. The number of nitrogens with zero attached hydrogens (tertiary/aromatic N) is 2. The summed E-state index contributed by atoms with van der Waals surface area (Å²) in [5.41, 5.74) is 7.20. The number of thiocarbonyl (C=S) groups is 1. The predicted octanol–water partition coefficient (Wildman–Crippen LogP) is 1.81. The Morgan fingerprint density at radius 3 is 2.70 bits per heavy atom. The fourth-order valence-corrected chi connectivity index (χ4v) is 3.05. The molecule has 23 heavy (non-hydrogen) atoms. The van der Waals surface area contributed by atoms with Crippen molar-refractivity contribution in [2.45, 2.75) is 11.3 Å². The second-order valence-electron chi connectivity index (χ2n) is 4.41. The first-order valence-corrected chi connectivity index (χ1v) is 8.84. The second-order valence-corrected chi connectivity index (χ2v) is 7.01. The van der Waals surface area contributed by atoms with Crippen LogP contribution in [-0.2, 0) is 4.79 Å². The van der Waals surface area contributed by atoms with E-state index in [0.29, 0.717) is 14.6 Å². The van der Waals surface area contributed by atoms with Crippen LogP contribution in [0.2, 0.25) is 0 Å². The molecule has 7 nitrogen and oxygen atoms in total. The van der Waals surface area contributed by atoms with Crippen molar-refractivity contribution in [1.29, 1.82) is 0 Å². The summed E-state index contributed by atoms with van der Waals surface area (Å²) in [6.45, 7) is 2.03. The molecule has 0 aliphatic heterocycles. The highest BCUT2D eigenvalue weighted by Crippen LogP contribution is 2.27. The zero-order valence-corrected chi connectivity index (χ0v) is 15.0. The summed E-state index contributed by atoms with van der Waals surface area (Å²) in [6, 6.07) is 8.00. The molecule has 0 bridgehead atoms. The van der Waals surface area contributed by atoms with E-state index in [-0.39, 0.29) is 11.7 Å². The second kappa shape index (κ2) is 8.65. The van der Waals surface area contributed by atoms with Crippen LogP contribution in [0, 0.1) is 6.92 Å². The van der Waals surface area contributed by atoms with E-state index in [1.807, 2.05) is 31.2 Å². The van der Waals surface area contributed by atoms with Crippen LogP contribution < -0.4 is 21.5 Å². The van der Waals surface area contributed by atoms with Gasteiger partial charge in [-0.1, -0.05) is 40.8 Å². The third kappa shape index (κ3) is 6.00. The molecule has 0 unspecified atom stereocenters. The van der Waals surface area contributed by atoms with Gasteiger partial charge in [0.2, 0.25) is 11.0 Å². The lowest BCUT2D eigenvalue weighted by molar-refractivity contribution is -0.119. The van der Waals surface area contributed by atoms with E-state index >= 15 is 0 Å². The summed E-state index contributed by atoms with van der Waals surface area (Å²) < 4.78 is 0.714. The molecule has 0 radical (unpaired) electrons. The Hall–Kier alpha value is -1.91. The number of hydrazine groups is 1. The number of nitrogens with one attached hydrogen (secondary N) is 4. The van der Waals surface area contributed by atoms with Crippen molar-refractivity contribution in [3.63, 3.8) is 0 Å². The Bertz CT molecular complexity index is 673. The quantitative estimate of drug-likeness (QED) is 0.361. The molecule has 0 aliphatic rings. The average molecular weight is 369 g/mol. The summed E-state index contributed by atoms with van der Waals surface area (Å²) in [4.78, 5) is 11.6. The molecule has 0 saturated carbocycles. The van der Waals surface area contributed by atoms with Crippen molar-refractivity contribution < 1.29 is 4.79 Å². The molecule has 1 heterocycles. The van der Waals surface area contributed by atoms with Crippen LogP contribution in [0.15, 0.2) is 28.6 Å². The summed E-state index contributed by atoms with van der Waals surface area (Å²) in [7, 11) is 1.67. The minimum atomic E-state index is -0.198. The van der Waals surface area contributed by atoms with E-state index in [1.54, 1.807) is 7.05 Å². The number of hydrogen-bond acceptors (Lipinski definition) is 7. The molecule has 1 amide bonds. The Morgan fingerprint density at radius 1 is 1.26 bits per heavy atom. The van der Waals surface area contributed by atoms with Gasteiger partial charge in [0.15, 0.2) is 9.45 Å². The fourth-order valence-electron chi connectivity index (χ4n) is 1.43. The molecule has 2 rings (SSSR count). The Kier molecular flexibility index (Phi) is 6.56. The normalized spacial score (nSPS) is 10.0. The first kappa shape index (κ1) is 17.4. The Balaban J connectivity index is 1.79. The molecule has 0 atom stereocenters. The van der Waals surface area contributed by atoms with Crippen LogP contribution >= 0.6 is 35.3 Å². The maximum atomic E-state index is 11.6. The number of benzene rings is 1. The van der Waals surface area contributed by atoms with Crippen molar-refractivity contribution >= 4 is 57.2 Å². The Labute approximate surface area is 147 Å². The van der Waals surface area contributed by atoms with Crippen molar-refractivity contribution in [3.8, 4) is 0 Å². The summed E-state index contributed by atoms with van der Waals surface area (Å²) in [6.07, 6.45) is 0. The minimum Gasteiger partial charge on any atom is -0.364 e. The molecule has 0 spiro atoms. The number of hydrogen-bond donors (Lipinski definition) is 4. The number of rotatable bonds is 5. The van der Waals surface area contributed by atoms with E-state index in [9.17, 15) is 4.79 Å². The highest BCUT2D eigenvalue weighted by atomic mass is 32.2. The predicted molar refractivity (Wildman–Crippen MR) is 98.0 cm³/mol. The van der Waals surface area contributed by atoms with Crippen LogP contribution in [0.4, 0.5) is 10.8 Å². The van der Waals surface area contributed by atoms with Crippen LogP contribution in [0.25, 0.3) is 0 Å². The van der Waals surface area contributed by atoms with E-state index < -0.39 is 0 Å². The standard InChI is InChI=1S/C13H16N6OS3/c1-8-3-5-9(6-4-8)15-12-18-19-13(23-12)22-7-10(20)16-17-11(21)14-2/h3-6H,7H2,1-2H3,(H,15,18)(H,16,20)(H2,14,17,21). The molecule has 0 aliphatic carbocycles. The molecule has 1 aromatic carbocycles. The maximum Gasteiger partial charge on any atom is 0.248 e. The largest absolute Gasteiger partial charge is 0.364 e. The highest BCUT2D eigenvalue weighted by molar-refractivity contribution is 8.01. The lowest BCUT2D eigenvalue weighted by Gasteiger charge is -2.07. The number of aryl methyl sites for hydroxylation is 1. The van der Waals surface area contributed by atoms with Crippen molar-refractivity contribution in [1.82, 2.24) is 26.4 Å². The summed E-state index contributed by atoms with van der Waals surface area (Å²) in [5.74, 6) is 0.0224. The van der Waals surface area contributed by atoms with Crippen molar-refractivity contribution in [2.75, 3.05) is 18.1 Å². The highest BCUT2D eigenvalue weighted by Gasteiger charge is 2.08. The van der Waals surface area contributed by atoms with Crippen LogP contribution in [0.3, 0.4) is 0 Å². The number of anilines is 2. The molecular formula is C13H16N6OS3.